The van der Waals surface area contributed by atoms with E-state index in [0.29, 0.717) is 16.1 Å². The van der Waals surface area contributed by atoms with Gasteiger partial charge in [-0.05, 0) is 36.8 Å². The minimum absolute atomic E-state index is 0.218. The molecule has 6 heteroatoms. The van der Waals surface area contributed by atoms with Crippen LogP contribution in [0.4, 0.5) is 4.39 Å². The normalized spacial score (nSPS) is 11.4. The third kappa shape index (κ3) is 1.97. The fourth-order valence-corrected chi connectivity index (χ4v) is 3.04. The quantitative estimate of drug-likeness (QED) is 0.534. The van der Waals surface area contributed by atoms with Gasteiger partial charge in [0, 0.05) is 17.4 Å². The maximum atomic E-state index is 14.5. The lowest BCUT2D eigenvalue weighted by atomic mass is 10.1. The summed E-state index contributed by atoms with van der Waals surface area (Å²) in [5.41, 5.74) is 1.98. The maximum absolute atomic E-state index is 14.5. The number of para-hydroxylation sites is 1. The molecule has 0 saturated heterocycles. The zero-order valence-electron chi connectivity index (χ0n) is 12.1. The van der Waals surface area contributed by atoms with Gasteiger partial charge in [-0.1, -0.05) is 23.7 Å². The minimum Gasteiger partial charge on any atom is -0.294 e. The van der Waals surface area contributed by atoms with Crippen molar-refractivity contribution < 1.29 is 4.39 Å². The molecule has 0 aliphatic heterocycles. The lowest BCUT2D eigenvalue weighted by Crippen LogP contribution is -2.23. The zero-order chi connectivity index (χ0) is 16.1. The van der Waals surface area contributed by atoms with Gasteiger partial charge in [0.25, 0.3) is 5.56 Å². The summed E-state index contributed by atoms with van der Waals surface area (Å²) in [6.07, 6.45) is 3.24. The predicted molar refractivity (Wildman–Crippen MR) is 88.0 cm³/mol. The molecule has 0 aliphatic carbocycles. The van der Waals surface area contributed by atoms with Crippen LogP contribution in [0.25, 0.3) is 22.4 Å². The molecule has 2 aromatic heterocycles. The summed E-state index contributed by atoms with van der Waals surface area (Å²) >= 11 is 6.10. The van der Waals surface area contributed by atoms with Gasteiger partial charge >= 0.3 is 0 Å². The molecule has 2 aromatic carbocycles. The van der Waals surface area contributed by atoms with Gasteiger partial charge < -0.3 is 0 Å². The van der Waals surface area contributed by atoms with E-state index in [4.69, 9.17) is 11.6 Å². The van der Waals surface area contributed by atoms with Crippen LogP contribution in [0.3, 0.4) is 0 Å². The molecular weight excluding hydrogens is 317 g/mol. The molecule has 23 heavy (non-hydrogen) atoms. The van der Waals surface area contributed by atoms with Gasteiger partial charge in [0.1, 0.15) is 5.82 Å². The summed E-state index contributed by atoms with van der Waals surface area (Å²) < 4.78 is 17.5. The second-order valence-corrected chi connectivity index (χ2v) is 5.74. The molecule has 4 rings (SSSR count). The van der Waals surface area contributed by atoms with Gasteiger partial charge in [-0.3, -0.25) is 13.8 Å². The van der Waals surface area contributed by atoms with Gasteiger partial charge in [0.2, 0.25) is 5.65 Å². The van der Waals surface area contributed by atoms with Crippen molar-refractivity contribution in [1.82, 2.24) is 14.0 Å². The second kappa shape index (κ2) is 4.93. The van der Waals surface area contributed by atoms with Crippen molar-refractivity contribution in [3.8, 4) is 5.69 Å². The largest absolute Gasteiger partial charge is 0.299 e. The number of imidazole rings is 1. The zero-order valence-corrected chi connectivity index (χ0v) is 12.9. The lowest BCUT2D eigenvalue weighted by Gasteiger charge is -2.15. The first-order chi connectivity index (χ1) is 11.1. The highest BCUT2D eigenvalue weighted by molar-refractivity contribution is 6.31. The van der Waals surface area contributed by atoms with Crippen molar-refractivity contribution in [3.63, 3.8) is 0 Å². The van der Waals surface area contributed by atoms with E-state index in [0.717, 1.165) is 5.52 Å². The molecular formula is C17H11ClFN3O. The third-order valence-corrected chi connectivity index (χ3v) is 4.12. The highest BCUT2D eigenvalue weighted by Crippen LogP contribution is 2.25. The van der Waals surface area contributed by atoms with Gasteiger partial charge in [-0.2, -0.15) is 0 Å². The van der Waals surface area contributed by atoms with Crippen molar-refractivity contribution in [3.05, 3.63) is 75.5 Å². The molecule has 114 valence electrons. The molecule has 4 nitrogen and oxygen atoms in total. The van der Waals surface area contributed by atoms with E-state index in [1.54, 1.807) is 54.0 Å². The number of aromatic nitrogens is 3. The van der Waals surface area contributed by atoms with E-state index in [-0.39, 0.29) is 11.3 Å². The molecule has 0 spiro atoms. The minimum atomic E-state index is -0.468. The molecule has 0 saturated carbocycles. The van der Waals surface area contributed by atoms with Crippen LogP contribution >= 0.6 is 11.6 Å². The Morgan fingerprint density at radius 3 is 2.78 bits per heavy atom. The summed E-state index contributed by atoms with van der Waals surface area (Å²) in [4.78, 5) is 17.0. The monoisotopic (exact) mass is 327 g/mol. The summed E-state index contributed by atoms with van der Waals surface area (Å²) in [6, 6.07) is 9.88. The van der Waals surface area contributed by atoms with Crippen molar-refractivity contribution in [2.24, 2.45) is 0 Å². The Balaban J connectivity index is 2.31. The van der Waals surface area contributed by atoms with Crippen LogP contribution in [-0.2, 0) is 0 Å². The Bertz CT molecular complexity index is 1110. The van der Waals surface area contributed by atoms with Crippen molar-refractivity contribution in [2.45, 2.75) is 6.92 Å². The first-order valence-corrected chi connectivity index (χ1v) is 7.38. The first-order valence-electron chi connectivity index (χ1n) is 7.01. The summed E-state index contributed by atoms with van der Waals surface area (Å²) in [5.74, 6) is -0.468. The molecule has 4 aromatic rings. The fraction of sp³-hybridized carbons (Fsp3) is 0.0588. The number of nitrogens with zero attached hydrogens (tertiary/aromatic N) is 3. The standard InChI is InChI=1S/C17H11ClFN3O/c1-10-3-2-4-12(19)15(10)22-14-9-11(18)5-6-13(14)21-8-7-20-16(21)17(22)23/h2-9H,1H3. The molecule has 0 atom stereocenters. The first kappa shape index (κ1) is 14.0. The van der Waals surface area contributed by atoms with Crippen LogP contribution in [0.2, 0.25) is 5.02 Å². The molecule has 2 heterocycles. The molecule has 0 unspecified atom stereocenters. The Morgan fingerprint density at radius 2 is 2.00 bits per heavy atom. The van der Waals surface area contributed by atoms with Crippen LogP contribution in [0, 0.1) is 12.7 Å². The number of halogens is 2. The summed E-state index contributed by atoms with van der Waals surface area (Å²) in [6.45, 7) is 1.76. The molecule has 0 aliphatic rings. The van der Waals surface area contributed by atoms with Gasteiger partial charge in [0.05, 0.1) is 16.7 Å². The Kier molecular flexibility index (Phi) is 2.99. The molecule has 0 fully saturated rings. The van der Waals surface area contributed by atoms with Gasteiger partial charge in [-0.15, -0.1) is 0 Å². The fourth-order valence-electron chi connectivity index (χ4n) is 2.87. The molecule has 0 N–H and O–H groups in total. The van der Waals surface area contributed by atoms with Crippen molar-refractivity contribution in [1.29, 1.82) is 0 Å². The smallest absolute Gasteiger partial charge is 0.294 e. The van der Waals surface area contributed by atoms with Crippen LogP contribution < -0.4 is 5.56 Å². The van der Waals surface area contributed by atoms with E-state index < -0.39 is 11.4 Å². The Hall–Kier alpha value is -2.66. The number of hydrogen-bond donors (Lipinski definition) is 0. The summed E-state index contributed by atoms with van der Waals surface area (Å²) in [7, 11) is 0. The number of hydrogen-bond acceptors (Lipinski definition) is 2. The van der Waals surface area contributed by atoms with E-state index >= 15 is 0 Å². The Morgan fingerprint density at radius 1 is 1.17 bits per heavy atom. The maximum Gasteiger partial charge on any atom is 0.299 e. The summed E-state index contributed by atoms with van der Waals surface area (Å²) in [5, 5.41) is 0.471. The van der Waals surface area contributed by atoms with Gasteiger partial charge in [0.15, 0.2) is 0 Å². The third-order valence-electron chi connectivity index (χ3n) is 3.89. The van der Waals surface area contributed by atoms with Crippen molar-refractivity contribution in [2.75, 3.05) is 0 Å². The van der Waals surface area contributed by atoms with E-state index in [9.17, 15) is 9.18 Å². The molecule has 0 bridgehead atoms. The van der Waals surface area contributed by atoms with Crippen LogP contribution in [0.1, 0.15) is 5.56 Å². The number of benzene rings is 2. The lowest BCUT2D eigenvalue weighted by molar-refractivity contribution is 0.616. The van der Waals surface area contributed by atoms with Gasteiger partial charge in [-0.25, -0.2) is 9.37 Å². The van der Waals surface area contributed by atoms with Crippen molar-refractivity contribution >= 4 is 28.3 Å². The molecule has 0 radical (unpaired) electrons. The predicted octanol–water partition coefficient (Wildman–Crippen LogP) is 3.74. The number of aryl methyl sites for hydroxylation is 1. The average Bonchev–Trinajstić information content (AvgIpc) is 3.00. The number of rotatable bonds is 1. The topological polar surface area (TPSA) is 39.3 Å². The Labute approximate surface area is 135 Å². The van der Waals surface area contributed by atoms with Crippen LogP contribution in [0.5, 0.6) is 0 Å². The SMILES string of the molecule is Cc1cccc(F)c1-n1c(=O)c2nccn2c2ccc(Cl)cc21. The van der Waals surface area contributed by atoms with E-state index in [2.05, 4.69) is 4.98 Å². The van der Waals surface area contributed by atoms with E-state index in [1.807, 2.05) is 0 Å². The van der Waals surface area contributed by atoms with Crippen LogP contribution in [-0.4, -0.2) is 14.0 Å². The van der Waals surface area contributed by atoms with Crippen LogP contribution in [0.15, 0.2) is 53.6 Å². The highest BCUT2D eigenvalue weighted by atomic mass is 35.5. The molecule has 0 amide bonds. The number of fused-ring (bicyclic) bond motifs is 3. The second-order valence-electron chi connectivity index (χ2n) is 5.30. The van der Waals surface area contributed by atoms with E-state index in [1.165, 1.54) is 10.6 Å². The average molecular weight is 328 g/mol. The highest BCUT2D eigenvalue weighted by Gasteiger charge is 2.17.